The Morgan fingerprint density at radius 3 is 2.88 bits per heavy atom. The number of thiazole rings is 1. The highest BCUT2D eigenvalue weighted by Crippen LogP contribution is 2.23. The number of carbonyl (C=O) groups excluding carboxylic acids is 1. The fraction of sp³-hybridized carbons (Fsp3) is 0.133. The van der Waals surface area contributed by atoms with Crippen molar-refractivity contribution in [1.29, 1.82) is 0 Å². The van der Waals surface area contributed by atoms with Crippen molar-refractivity contribution in [3.8, 4) is 11.3 Å². The van der Waals surface area contributed by atoms with Gasteiger partial charge in [-0.1, -0.05) is 23.9 Å². The van der Waals surface area contributed by atoms with Gasteiger partial charge in [0.1, 0.15) is 0 Å². The van der Waals surface area contributed by atoms with Gasteiger partial charge in [-0.2, -0.15) is 0 Å². The number of amides is 1. The number of anilines is 1. The molecule has 0 bridgehead atoms. The number of imidazole rings is 1. The largest absolute Gasteiger partial charge is 0.325 e. The summed E-state index contributed by atoms with van der Waals surface area (Å²) in [6, 6.07) is 7.63. The van der Waals surface area contributed by atoms with E-state index in [-0.39, 0.29) is 11.7 Å². The molecule has 1 amide bonds. The number of aromatic nitrogens is 6. The summed E-state index contributed by atoms with van der Waals surface area (Å²) in [6.45, 7) is 0. The number of benzene rings is 1. The van der Waals surface area contributed by atoms with E-state index in [4.69, 9.17) is 0 Å². The van der Waals surface area contributed by atoms with E-state index in [1.807, 2.05) is 46.4 Å². The average Bonchev–Trinajstić information content (AvgIpc) is 3.29. The highest BCUT2D eigenvalue weighted by molar-refractivity contribution is 7.99. The van der Waals surface area contributed by atoms with Gasteiger partial charge in [0, 0.05) is 36.1 Å². The fourth-order valence-electron chi connectivity index (χ4n) is 2.26. The second-order valence-electron chi connectivity index (χ2n) is 5.22. The van der Waals surface area contributed by atoms with Crippen LogP contribution in [0, 0.1) is 0 Å². The summed E-state index contributed by atoms with van der Waals surface area (Å²) in [4.78, 5) is 17.6. The number of fused-ring (bicyclic) bond motifs is 1. The molecule has 0 aliphatic carbocycles. The summed E-state index contributed by atoms with van der Waals surface area (Å²) in [6.07, 6.45) is 3.97. The average molecular weight is 371 g/mol. The predicted octanol–water partition coefficient (Wildman–Crippen LogP) is 2.32. The molecule has 1 N–H and O–H groups in total. The number of aryl methyl sites for hydroxylation is 1. The zero-order chi connectivity index (χ0) is 17.2. The first-order valence-corrected chi connectivity index (χ1v) is 9.23. The van der Waals surface area contributed by atoms with Crippen LogP contribution in [0.5, 0.6) is 0 Å². The van der Waals surface area contributed by atoms with Gasteiger partial charge < -0.3 is 5.32 Å². The van der Waals surface area contributed by atoms with Crippen LogP contribution in [-0.2, 0) is 11.8 Å². The van der Waals surface area contributed by atoms with Gasteiger partial charge in [0.25, 0.3) is 0 Å². The molecule has 0 saturated carbocycles. The highest BCUT2D eigenvalue weighted by Gasteiger charge is 2.09. The summed E-state index contributed by atoms with van der Waals surface area (Å²) in [7, 11) is 1.74. The van der Waals surface area contributed by atoms with Crippen molar-refractivity contribution in [2.75, 3.05) is 11.1 Å². The molecule has 3 aromatic heterocycles. The van der Waals surface area contributed by atoms with Crippen molar-refractivity contribution in [3.05, 3.63) is 42.0 Å². The molecule has 4 rings (SSSR count). The zero-order valence-corrected chi connectivity index (χ0v) is 14.8. The van der Waals surface area contributed by atoms with Crippen molar-refractivity contribution in [2.45, 2.75) is 5.16 Å². The standard InChI is InChI=1S/C15H13N7OS2/c1-21-15(18-19-20-21)25-9-13(23)16-11-4-2-10(3-5-11)12-8-22-6-7-24-14(22)17-12/h2-8H,9H2,1H3,(H,16,23). The van der Waals surface area contributed by atoms with E-state index in [0.717, 1.165) is 21.9 Å². The van der Waals surface area contributed by atoms with Gasteiger partial charge in [0.15, 0.2) is 4.96 Å². The molecule has 0 aliphatic rings. The summed E-state index contributed by atoms with van der Waals surface area (Å²) in [5.74, 6) is 0.135. The number of thioether (sulfide) groups is 1. The third-order valence-corrected chi connectivity index (χ3v) is 5.25. The molecule has 0 fully saturated rings. The molecule has 0 atom stereocenters. The van der Waals surface area contributed by atoms with Crippen LogP contribution < -0.4 is 5.32 Å². The molecule has 126 valence electrons. The number of tetrazole rings is 1. The molecular formula is C15H13N7OS2. The van der Waals surface area contributed by atoms with Gasteiger partial charge in [0.05, 0.1) is 11.4 Å². The third kappa shape index (κ3) is 3.39. The molecule has 8 nitrogen and oxygen atoms in total. The number of carbonyl (C=O) groups is 1. The van der Waals surface area contributed by atoms with E-state index in [9.17, 15) is 4.79 Å². The van der Waals surface area contributed by atoms with E-state index in [2.05, 4.69) is 25.8 Å². The van der Waals surface area contributed by atoms with E-state index in [1.54, 1.807) is 18.4 Å². The molecule has 0 spiro atoms. The molecule has 3 heterocycles. The van der Waals surface area contributed by atoms with Crippen molar-refractivity contribution in [3.63, 3.8) is 0 Å². The smallest absolute Gasteiger partial charge is 0.234 e. The maximum absolute atomic E-state index is 12.0. The quantitative estimate of drug-likeness (QED) is 0.542. The lowest BCUT2D eigenvalue weighted by molar-refractivity contribution is -0.113. The van der Waals surface area contributed by atoms with Crippen LogP contribution in [0.15, 0.2) is 47.2 Å². The number of hydrogen-bond acceptors (Lipinski definition) is 7. The van der Waals surface area contributed by atoms with Crippen LogP contribution in [-0.4, -0.2) is 41.3 Å². The van der Waals surface area contributed by atoms with Crippen LogP contribution in [0.4, 0.5) is 5.69 Å². The first kappa shape index (κ1) is 15.8. The van der Waals surface area contributed by atoms with E-state index >= 15 is 0 Å². The molecule has 4 aromatic rings. The van der Waals surface area contributed by atoms with Crippen LogP contribution in [0.2, 0.25) is 0 Å². The van der Waals surface area contributed by atoms with Gasteiger partial charge in [-0.15, -0.1) is 16.4 Å². The number of nitrogens with one attached hydrogen (secondary N) is 1. The van der Waals surface area contributed by atoms with Gasteiger partial charge >= 0.3 is 0 Å². The lowest BCUT2D eigenvalue weighted by atomic mass is 10.1. The molecule has 25 heavy (non-hydrogen) atoms. The third-order valence-electron chi connectivity index (χ3n) is 3.47. The van der Waals surface area contributed by atoms with Crippen LogP contribution in [0.25, 0.3) is 16.2 Å². The van der Waals surface area contributed by atoms with Gasteiger partial charge in [-0.25, -0.2) is 9.67 Å². The minimum atomic E-state index is -0.108. The predicted molar refractivity (Wildman–Crippen MR) is 96.7 cm³/mol. The Bertz CT molecular complexity index is 990. The number of rotatable bonds is 5. The summed E-state index contributed by atoms with van der Waals surface area (Å²) in [5.41, 5.74) is 2.66. The summed E-state index contributed by atoms with van der Waals surface area (Å²) < 4.78 is 3.52. The highest BCUT2D eigenvalue weighted by atomic mass is 32.2. The van der Waals surface area contributed by atoms with Crippen molar-refractivity contribution in [2.24, 2.45) is 7.05 Å². The molecule has 0 unspecified atom stereocenters. The Hall–Kier alpha value is -2.72. The molecule has 0 saturated heterocycles. The van der Waals surface area contributed by atoms with Crippen LogP contribution in [0.3, 0.4) is 0 Å². The van der Waals surface area contributed by atoms with Crippen molar-refractivity contribution >= 4 is 39.7 Å². The number of nitrogens with zero attached hydrogens (tertiary/aromatic N) is 6. The lowest BCUT2D eigenvalue weighted by Gasteiger charge is -2.05. The minimum Gasteiger partial charge on any atom is -0.325 e. The minimum absolute atomic E-state index is 0.108. The topological polar surface area (TPSA) is 90.0 Å². The van der Waals surface area contributed by atoms with Gasteiger partial charge in [-0.05, 0) is 22.6 Å². The monoisotopic (exact) mass is 371 g/mol. The maximum atomic E-state index is 12.0. The van der Waals surface area contributed by atoms with Crippen molar-refractivity contribution in [1.82, 2.24) is 29.6 Å². The molecule has 0 aliphatic heterocycles. The Labute approximate surface area is 150 Å². The second kappa shape index (κ2) is 6.65. The Balaban J connectivity index is 1.39. The number of hydrogen-bond donors (Lipinski definition) is 1. The van der Waals surface area contributed by atoms with E-state index in [1.165, 1.54) is 16.4 Å². The first-order valence-electron chi connectivity index (χ1n) is 7.37. The maximum Gasteiger partial charge on any atom is 0.234 e. The van der Waals surface area contributed by atoms with Gasteiger partial charge in [0.2, 0.25) is 11.1 Å². The Morgan fingerprint density at radius 1 is 1.32 bits per heavy atom. The van der Waals surface area contributed by atoms with Crippen LogP contribution in [0.1, 0.15) is 0 Å². The molecule has 0 radical (unpaired) electrons. The SMILES string of the molecule is Cn1nnnc1SCC(=O)Nc1ccc(-c2cn3ccsc3n2)cc1. The fourth-order valence-corrected chi connectivity index (χ4v) is 3.61. The lowest BCUT2D eigenvalue weighted by Crippen LogP contribution is -2.14. The van der Waals surface area contributed by atoms with E-state index in [0.29, 0.717) is 5.16 Å². The molecule has 10 heteroatoms. The van der Waals surface area contributed by atoms with Crippen LogP contribution >= 0.6 is 23.1 Å². The van der Waals surface area contributed by atoms with Gasteiger partial charge in [-0.3, -0.25) is 9.20 Å². The van der Waals surface area contributed by atoms with E-state index < -0.39 is 0 Å². The normalized spacial score (nSPS) is 11.1. The Morgan fingerprint density at radius 2 is 2.16 bits per heavy atom. The second-order valence-corrected chi connectivity index (χ2v) is 7.03. The molecule has 1 aromatic carbocycles. The molecular weight excluding hydrogens is 358 g/mol. The Kier molecular flexibility index (Phi) is 4.20. The zero-order valence-electron chi connectivity index (χ0n) is 13.2. The summed E-state index contributed by atoms with van der Waals surface area (Å²) >= 11 is 2.88. The summed E-state index contributed by atoms with van der Waals surface area (Å²) in [5, 5.41) is 16.6. The first-order chi connectivity index (χ1) is 12.2. The van der Waals surface area contributed by atoms with Crippen molar-refractivity contribution < 1.29 is 4.79 Å².